The number of unbranched alkanes of at least 4 members (excludes halogenated alkanes) is 1. The number of allylic oxidation sites excluding steroid dienone is 4. The van der Waals surface area contributed by atoms with Crippen LogP contribution in [0.25, 0.3) is 10.6 Å². The maximum absolute atomic E-state index is 6.20. The third kappa shape index (κ3) is 11.3. The molecule has 0 saturated carbocycles. The molecule has 0 aliphatic carbocycles. The summed E-state index contributed by atoms with van der Waals surface area (Å²) in [5.74, 6) is 1.36. The van der Waals surface area contributed by atoms with Gasteiger partial charge in [0.2, 0.25) is 0 Å². The SMILES string of the molecule is C=C(C=N/C(C)=C\C)CNC(=C)c1cc(OC[C@@H](C)CCCC)cc(C(=C)S/C(C)=C\C)c1. The van der Waals surface area contributed by atoms with E-state index >= 15 is 0 Å². The van der Waals surface area contributed by atoms with Crippen molar-refractivity contribution in [3.05, 3.63) is 77.4 Å². The molecule has 1 atom stereocenters. The van der Waals surface area contributed by atoms with Gasteiger partial charge >= 0.3 is 0 Å². The van der Waals surface area contributed by atoms with Gasteiger partial charge in [-0.05, 0) is 74.3 Å². The Morgan fingerprint density at radius 2 is 1.82 bits per heavy atom. The minimum Gasteiger partial charge on any atom is -0.493 e. The standard InChI is InChI=1S/C29H42N2OS/c1-10-13-14-21(4)20-32-29-16-27(15-28(17-29)26(9)33-24(7)12-3)25(8)31-19-22(5)18-30-23(6)11-2/h11-12,15-18,21,31H,5,8-10,13-14,19-20H2,1-4,6-7H3/b23-11-,24-12-,30-18?/t21-/m0/s1. The van der Waals surface area contributed by atoms with Crippen LogP contribution >= 0.6 is 11.8 Å². The van der Waals surface area contributed by atoms with Crippen molar-refractivity contribution in [2.75, 3.05) is 13.2 Å². The van der Waals surface area contributed by atoms with Crippen molar-refractivity contribution in [1.29, 1.82) is 0 Å². The predicted molar refractivity (Wildman–Crippen MR) is 151 cm³/mol. The second kappa shape index (κ2) is 15.4. The molecule has 0 aromatic heterocycles. The number of aliphatic imine (C=N–C) groups is 1. The van der Waals surface area contributed by atoms with Crippen LogP contribution in [-0.4, -0.2) is 19.4 Å². The van der Waals surface area contributed by atoms with Gasteiger partial charge in [-0.2, -0.15) is 0 Å². The molecular formula is C29H42N2OS. The lowest BCUT2D eigenvalue weighted by molar-refractivity contribution is 0.249. The molecule has 3 nitrogen and oxygen atoms in total. The van der Waals surface area contributed by atoms with Gasteiger partial charge in [0.1, 0.15) is 5.75 Å². The molecule has 1 N–H and O–H groups in total. The molecule has 0 aliphatic heterocycles. The summed E-state index contributed by atoms with van der Waals surface area (Å²) in [6, 6.07) is 6.24. The number of hydrogen-bond donors (Lipinski definition) is 1. The van der Waals surface area contributed by atoms with Gasteiger partial charge in [0.15, 0.2) is 0 Å². The Hall–Kier alpha value is -2.46. The van der Waals surface area contributed by atoms with Crippen molar-refractivity contribution >= 4 is 28.6 Å². The molecule has 1 rings (SSSR count). The molecule has 0 saturated heterocycles. The lowest BCUT2D eigenvalue weighted by atomic mass is 10.1. The molecule has 0 bridgehead atoms. The third-order valence-corrected chi connectivity index (χ3v) is 6.29. The highest BCUT2D eigenvalue weighted by Crippen LogP contribution is 2.35. The summed E-state index contributed by atoms with van der Waals surface area (Å²) < 4.78 is 6.20. The number of thioether (sulfide) groups is 1. The molecule has 0 amide bonds. The van der Waals surface area contributed by atoms with Crippen LogP contribution < -0.4 is 10.1 Å². The van der Waals surface area contributed by atoms with E-state index in [4.69, 9.17) is 4.74 Å². The zero-order valence-electron chi connectivity index (χ0n) is 21.5. The van der Waals surface area contributed by atoms with E-state index in [1.807, 2.05) is 32.9 Å². The Balaban J connectivity index is 3.01. The maximum atomic E-state index is 6.20. The quantitative estimate of drug-likeness (QED) is 0.263. The number of nitrogens with zero attached hydrogens (tertiary/aromatic N) is 1. The van der Waals surface area contributed by atoms with Gasteiger partial charge in [0.25, 0.3) is 0 Å². The van der Waals surface area contributed by atoms with Crippen LogP contribution in [-0.2, 0) is 0 Å². The maximum Gasteiger partial charge on any atom is 0.120 e. The van der Waals surface area contributed by atoms with E-state index in [1.54, 1.807) is 18.0 Å². The van der Waals surface area contributed by atoms with Gasteiger partial charge in [-0.1, -0.05) is 70.3 Å². The monoisotopic (exact) mass is 466 g/mol. The van der Waals surface area contributed by atoms with Crippen molar-refractivity contribution < 1.29 is 4.74 Å². The molecule has 33 heavy (non-hydrogen) atoms. The van der Waals surface area contributed by atoms with Crippen LogP contribution in [0, 0.1) is 5.92 Å². The summed E-state index contributed by atoms with van der Waals surface area (Å²) in [5, 5.41) is 3.37. The smallest absolute Gasteiger partial charge is 0.120 e. The topological polar surface area (TPSA) is 33.6 Å². The van der Waals surface area contributed by atoms with Crippen LogP contribution in [0.5, 0.6) is 5.75 Å². The van der Waals surface area contributed by atoms with Gasteiger partial charge in [-0.25, -0.2) is 0 Å². The molecule has 0 aliphatic rings. The van der Waals surface area contributed by atoms with E-state index in [0.717, 1.165) is 38.7 Å². The predicted octanol–water partition coefficient (Wildman–Crippen LogP) is 8.63. The second-order valence-electron chi connectivity index (χ2n) is 8.41. The van der Waals surface area contributed by atoms with Gasteiger partial charge < -0.3 is 10.1 Å². The molecule has 0 heterocycles. The molecule has 4 heteroatoms. The highest BCUT2D eigenvalue weighted by Gasteiger charge is 2.10. The van der Waals surface area contributed by atoms with Crippen molar-refractivity contribution in [2.45, 2.75) is 60.8 Å². The number of ether oxygens (including phenoxy) is 1. The van der Waals surface area contributed by atoms with Gasteiger partial charge in [-0.15, -0.1) is 0 Å². The lowest BCUT2D eigenvalue weighted by Crippen LogP contribution is -2.15. The fourth-order valence-electron chi connectivity index (χ4n) is 2.84. The summed E-state index contributed by atoms with van der Waals surface area (Å²) in [6.07, 6.45) is 9.46. The van der Waals surface area contributed by atoms with Gasteiger partial charge in [-0.3, -0.25) is 4.99 Å². The van der Waals surface area contributed by atoms with E-state index in [-0.39, 0.29) is 0 Å². The van der Waals surface area contributed by atoms with Crippen molar-refractivity contribution in [3.8, 4) is 5.75 Å². The number of nitrogens with one attached hydrogen (secondary N) is 1. The molecular weight excluding hydrogens is 424 g/mol. The molecule has 0 radical (unpaired) electrons. The first-order valence-electron chi connectivity index (χ1n) is 11.8. The van der Waals surface area contributed by atoms with E-state index < -0.39 is 0 Å². The Morgan fingerprint density at radius 3 is 2.45 bits per heavy atom. The van der Waals surface area contributed by atoms with Gasteiger partial charge in [0.05, 0.1) is 6.61 Å². The van der Waals surface area contributed by atoms with E-state index in [2.05, 4.69) is 69.0 Å². The molecule has 1 aromatic carbocycles. The second-order valence-corrected chi connectivity index (χ2v) is 9.75. The van der Waals surface area contributed by atoms with Crippen LogP contribution in [0.3, 0.4) is 0 Å². The Kier molecular flexibility index (Phi) is 13.3. The first-order valence-corrected chi connectivity index (χ1v) is 12.6. The average Bonchev–Trinajstić information content (AvgIpc) is 2.82. The lowest BCUT2D eigenvalue weighted by Gasteiger charge is -2.17. The minimum atomic E-state index is 0.518. The largest absolute Gasteiger partial charge is 0.493 e. The summed E-state index contributed by atoms with van der Waals surface area (Å²) in [4.78, 5) is 6.57. The van der Waals surface area contributed by atoms with E-state index in [9.17, 15) is 0 Å². The normalized spacial score (nSPS) is 13.2. The highest BCUT2D eigenvalue weighted by molar-refractivity contribution is 8.11. The average molecular weight is 467 g/mol. The van der Waals surface area contributed by atoms with Crippen LogP contribution in [0.2, 0.25) is 0 Å². The zero-order chi connectivity index (χ0) is 24.8. The first-order chi connectivity index (χ1) is 15.7. The van der Waals surface area contributed by atoms with Crippen LogP contribution in [0.15, 0.2) is 71.3 Å². The Morgan fingerprint density at radius 1 is 1.12 bits per heavy atom. The number of rotatable bonds is 15. The Bertz CT molecular complexity index is 908. The first kappa shape index (κ1) is 28.6. The number of benzene rings is 1. The molecule has 180 valence electrons. The fraction of sp³-hybridized carbons (Fsp3) is 0.414. The molecule has 0 unspecified atom stereocenters. The molecule has 0 fully saturated rings. The number of hydrogen-bond acceptors (Lipinski definition) is 4. The van der Waals surface area contributed by atoms with E-state index in [0.29, 0.717) is 19.1 Å². The summed E-state index contributed by atoms with van der Waals surface area (Å²) >= 11 is 1.67. The van der Waals surface area contributed by atoms with Crippen LogP contribution in [0.4, 0.5) is 0 Å². The van der Waals surface area contributed by atoms with E-state index in [1.165, 1.54) is 24.2 Å². The molecule has 0 spiro atoms. The van der Waals surface area contributed by atoms with Crippen LogP contribution in [0.1, 0.15) is 71.9 Å². The zero-order valence-corrected chi connectivity index (χ0v) is 22.3. The summed E-state index contributed by atoms with van der Waals surface area (Å²) in [5.41, 5.74) is 4.70. The van der Waals surface area contributed by atoms with Gasteiger partial charge in [0, 0.05) is 34.6 Å². The summed E-state index contributed by atoms with van der Waals surface area (Å²) in [7, 11) is 0. The molecule has 1 aromatic rings. The minimum absolute atomic E-state index is 0.518. The van der Waals surface area contributed by atoms with Crippen molar-refractivity contribution in [1.82, 2.24) is 5.32 Å². The third-order valence-electron chi connectivity index (χ3n) is 5.25. The van der Waals surface area contributed by atoms with Crippen molar-refractivity contribution in [2.24, 2.45) is 10.9 Å². The fourth-order valence-corrected chi connectivity index (χ4v) is 3.58. The Labute approximate surface area is 206 Å². The van der Waals surface area contributed by atoms with Crippen molar-refractivity contribution in [3.63, 3.8) is 0 Å². The highest BCUT2D eigenvalue weighted by atomic mass is 32.2. The summed E-state index contributed by atoms with van der Waals surface area (Å²) in [6.45, 7) is 26.4.